The molecule has 5 aromatic rings. The zero-order valence-corrected chi connectivity index (χ0v) is 22.3. The topological polar surface area (TPSA) is 124 Å². The van der Waals surface area contributed by atoms with Crippen LogP contribution in [0.4, 0.5) is 30.8 Å². The molecule has 0 fully saturated rings. The number of hydrogen-bond acceptors (Lipinski definition) is 8. The highest BCUT2D eigenvalue weighted by Crippen LogP contribution is 2.27. The minimum absolute atomic E-state index is 0.0245. The number of nitrogens with two attached hydrogens (primary N) is 1. The van der Waals surface area contributed by atoms with E-state index in [-0.39, 0.29) is 56.3 Å². The molecule has 4 N–H and O–H groups in total. The molecule has 13 heteroatoms. The van der Waals surface area contributed by atoms with Crippen molar-refractivity contribution in [3.63, 3.8) is 0 Å². The first kappa shape index (κ1) is 27.4. The summed E-state index contributed by atoms with van der Waals surface area (Å²) in [7, 11) is 1.60. The molecule has 2 aromatic carbocycles. The molecule has 5 rings (SSSR count). The maximum absolute atomic E-state index is 14.2. The number of pyridine rings is 1. The molecule has 41 heavy (non-hydrogen) atoms. The van der Waals surface area contributed by atoms with Crippen molar-refractivity contribution in [3.8, 4) is 17.5 Å². The number of halogens is 4. The van der Waals surface area contributed by atoms with E-state index in [9.17, 15) is 18.0 Å². The zero-order chi connectivity index (χ0) is 29.3. The van der Waals surface area contributed by atoms with Crippen molar-refractivity contribution in [2.24, 2.45) is 0 Å². The molecule has 3 aromatic heterocycles. The Balaban J connectivity index is 1.67. The van der Waals surface area contributed by atoms with Crippen LogP contribution < -0.4 is 21.9 Å². The molecular formula is C28H20ClF3N8O. The summed E-state index contributed by atoms with van der Waals surface area (Å²) in [6, 6.07) is 9.29. The van der Waals surface area contributed by atoms with E-state index >= 15 is 0 Å². The third kappa shape index (κ3) is 5.61. The van der Waals surface area contributed by atoms with Gasteiger partial charge < -0.3 is 16.4 Å². The normalized spacial score (nSPS) is 11.6. The molecule has 1 atom stereocenters. The second kappa shape index (κ2) is 11.1. The van der Waals surface area contributed by atoms with Gasteiger partial charge in [0.25, 0.3) is 5.56 Å². The van der Waals surface area contributed by atoms with Gasteiger partial charge in [0.15, 0.2) is 0 Å². The van der Waals surface area contributed by atoms with Crippen LogP contribution in [0.15, 0.2) is 59.5 Å². The summed E-state index contributed by atoms with van der Waals surface area (Å²) in [6.45, 7) is 1.67. The van der Waals surface area contributed by atoms with Gasteiger partial charge in [-0.15, -0.1) is 0 Å². The third-order valence-electron chi connectivity index (χ3n) is 5.92. The predicted molar refractivity (Wildman–Crippen MR) is 150 cm³/mol. The fourth-order valence-electron chi connectivity index (χ4n) is 4.08. The van der Waals surface area contributed by atoms with Crippen molar-refractivity contribution in [3.05, 3.63) is 105 Å². The smallest absolute Gasteiger partial charge is 0.267 e. The first-order chi connectivity index (χ1) is 19.6. The van der Waals surface area contributed by atoms with Gasteiger partial charge in [0.05, 0.1) is 33.9 Å². The lowest BCUT2D eigenvalue weighted by Crippen LogP contribution is -2.28. The summed E-state index contributed by atoms with van der Waals surface area (Å²) in [5, 5.41) is 6.15. The monoisotopic (exact) mass is 576 g/mol. The van der Waals surface area contributed by atoms with Crippen molar-refractivity contribution in [1.82, 2.24) is 24.5 Å². The number of anilines is 3. The van der Waals surface area contributed by atoms with Crippen molar-refractivity contribution < 1.29 is 13.2 Å². The number of benzene rings is 2. The minimum atomic E-state index is -0.882. The van der Waals surface area contributed by atoms with Crippen LogP contribution in [0.5, 0.6) is 0 Å². The molecule has 0 saturated heterocycles. The fourth-order valence-corrected chi connectivity index (χ4v) is 4.33. The largest absolute Gasteiger partial charge is 0.382 e. The van der Waals surface area contributed by atoms with E-state index in [1.54, 1.807) is 26.1 Å². The van der Waals surface area contributed by atoms with Crippen molar-refractivity contribution in [2.45, 2.75) is 13.0 Å². The summed E-state index contributed by atoms with van der Waals surface area (Å²) >= 11 is 6.32. The number of nitrogens with zero attached hydrogens (tertiary/aromatic N) is 5. The molecule has 0 aliphatic rings. The fraction of sp³-hybridized carbons (Fsp3) is 0.107. The van der Waals surface area contributed by atoms with Gasteiger partial charge in [-0.1, -0.05) is 23.6 Å². The number of rotatable bonds is 5. The van der Waals surface area contributed by atoms with Gasteiger partial charge in [0.2, 0.25) is 5.95 Å². The SMILES string of the molecule is CNc1nc(N)c(C#Cc2ccc(F)cn2)c(NC(C)c2nc3cccc(Cl)c3c(=O)n2-c2cc(F)cc(F)c2)n1. The van der Waals surface area contributed by atoms with Crippen LogP contribution >= 0.6 is 11.6 Å². The van der Waals surface area contributed by atoms with Crippen molar-refractivity contribution in [2.75, 3.05) is 23.4 Å². The molecule has 0 aliphatic heterocycles. The lowest BCUT2D eigenvalue weighted by atomic mass is 10.2. The van der Waals surface area contributed by atoms with E-state index < -0.39 is 29.1 Å². The van der Waals surface area contributed by atoms with Crippen LogP contribution in [0.2, 0.25) is 5.02 Å². The summed E-state index contributed by atoms with van der Waals surface area (Å²) in [5.41, 5.74) is 6.21. The highest BCUT2D eigenvalue weighted by Gasteiger charge is 2.22. The first-order valence-electron chi connectivity index (χ1n) is 12.1. The van der Waals surface area contributed by atoms with Crippen molar-refractivity contribution >= 4 is 40.1 Å². The predicted octanol–water partition coefficient (Wildman–Crippen LogP) is 4.84. The standard InChI is InChI=1S/C28H20ClF3N8O/c1-14(36-25-20(24(33)38-28(34-2)39-25)9-8-18-7-6-15(30)13-35-18)26-37-22-5-3-4-21(29)23(22)27(41)40(26)19-11-16(31)10-17(32)12-19/h3-7,10-14H,1-2H3,(H4,33,34,36,38,39). The zero-order valence-electron chi connectivity index (χ0n) is 21.5. The Kier molecular flexibility index (Phi) is 7.45. The average molecular weight is 577 g/mol. The summed E-state index contributed by atoms with van der Waals surface area (Å²) in [6.07, 6.45) is 1.03. The number of hydrogen-bond donors (Lipinski definition) is 3. The quantitative estimate of drug-likeness (QED) is 0.254. The van der Waals surface area contributed by atoms with Crippen LogP contribution in [-0.4, -0.2) is 31.6 Å². The van der Waals surface area contributed by atoms with E-state index in [0.29, 0.717) is 6.07 Å². The van der Waals surface area contributed by atoms with E-state index in [4.69, 9.17) is 17.3 Å². The molecule has 0 spiro atoms. The maximum Gasteiger partial charge on any atom is 0.267 e. The minimum Gasteiger partial charge on any atom is -0.382 e. The molecule has 206 valence electrons. The molecule has 0 bridgehead atoms. The molecule has 0 aliphatic carbocycles. The van der Waals surface area contributed by atoms with Gasteiger partial charge in [0.1, 0.15) is 46.2 Å². The molecule has 9 nitrogen and oxygen atoms in total. The molecule has 0 amide bonds. The lowest BCUT2D eigenvalue weighted by molar-refractivity contribution is 0.579. The summed E-state index contributed by atoms with van der Waals surface area (Å²) in [4.78, 5) is 30.8. The van der Waals surface area contributed by atoms with Gasteiger partial charge in [-0.05, 0) is 49.2 Å². The Labute approximate surface area is 236 Å². The van der Waals surface area contributed by atoms with Crippen LogP contribution in [-0.2, 0) is 0 Å². The van der Waals surface area contributed by atoms with Crippen molar-refractivity contribution in [1.29, 1.82) is 0 Å². The lowest BCUT2D eigenvalue weighted by Gasteiger charge is -2.21. The Morgan fingerprint density at radius 3 is 2.44 bits per heavy atom. The number of fused-ring (bicyclic) bond motifs is 1. The van der Waals surface area contributed by atoms with Crippen LogP contribution in [0.3, 0.4) is 0 Å². The van der Waals surface area contributed by atoms with E-state index in [2.05, 4.69) is 42.4 Å². The van der Waals surface area contributed by atoms with E-state index in [1.165, 1.54) is 18.2 Å². The number of aromatic nitrogens is 5. The van der Waals surface area contributed by atoms with Gasteiger partial charge in [-0.25, -0.2) is 23.1 Å². The van der Waals surface area contributed by atoms with Gasteiger partial charge >= 0.3 is 0 Å². The number of nitrogens with one attached hydrogen (secondary N) is 2. The Morgan fingerprint density at radius 2 is 1.76 bits per heavy atom. The second-order valence-electron chi connectivity index (χ2n) is 8.76. The first-order valence-corrected chi connectivity index (χ1v) is 12.5. The highest BCUT2D eigenvalue weighted by molar-refractivity contribution is 6.35. The van der Waals surface area contributed by atoms with E-state index in [0.717, 1.165) is 22.9 Å². The number of nitrogen functional groups attached to an aromatic ring is 1. The molecule has 3 heterocycles. The van der Waals surface area contributed by atoms with Crippen LogP contribution in [0, 0.1) is 29.3 Å². The maximum atomic E-state index is 14.2. The summed E-state index contributed by atoms with van der Waals surface area (Å²) in [5.74, 6) is 3.83. The second-order valence-corrected chi connectivity index (χ2v) is 9.16. The van der Waals surface area contributed by atoms with Gasteiger partial charge in [0, 0.05) is 13.1 Å². The highest BCUT2D eigenvalue weighted by atomic mass is 35.5. The third-order valence-corrected chi connectivity index (χ3v) is 6.24. The average Bonchev–Trinajstić information content (AvgIpc) is 2.92. The van der Waals surface area contributed by atoms with Crippen LogP contribution in [0.25, 0.3) is 16.6 Å². The molecule has 0 radical (unpaired) electrons. The van der Waals surface area contributed by atoms with E-state index in [1.807, 2.05) is 0 Å². The van der Waals surface area contributed by atoms with Crippen LogP contribution in [0.1, 0.15) is 30.0 Å². The Morgan fingerprint density at radius 1 is 1.00 bits per heavy atom. The Hall–Kier alpha value is -5.15. The Bertz CT molecular complexity index is 1900. The van der Waals surface area contributed by atoms with Gasteiger partial charge in [-0.3, -0.25) is 9.36 Å². The molecule has 1 unspecified atom stereocenters. The van der Waals surface area contributed by atoms with Gasteiger partial charge in [-0.2, -0.15) is 9.97 Å². The summed E-state index contributed by atoms with van der Waals surface area (Å²) < 4.78 is 42.8. The molecular weight excluding hydrogens is 557 g/mol. The molecule has 0 saturated carbocycles.